The average Bonchev–Trinajstić information content (AvgIpc) is 3.47. The van der Waals surface area contributed by atoms with Gasteiger partial charge in [0.2, 0.25) is 10.0 Å². The van der Waals surface area contributed by atoms with Gasteiger partial charge in [0.05, 0.1) is 16.0 Å². The molecule has 0 unspecified atom stereocenters. The second kappa shape index (κ2) is 9.86. The molecule has 178 valence electrons. The van der Waals surface area contributed by atoms with Crippen LogP contribution in [0.2, 0.25) is 0 Å². The SMILES string of the molecule is O=C(CCCN1C(=O)c2ccccc2C1=O)OCC(=O)c1ccc(S(=O)(=O)N2CCCC2)cc1. The van der Waals surface area contributed by atoms with E-state index < -0.39 is 28.4 Å². The van der Waals surface area contributed by atoms with Gasteiger partial charge >= 0.3 is 5.97 Å². The summed E-state index contributed by atoms with van der Waals surface area (Å²) in [4.78, 5) is 50.2. The first-order valence-electron chi connectivity index (χ1n) is 11.0. The third kappa shape index (κ3) is 4.78. The van der Waals surface area contributed by atoms with Crippen molar-refractivity contribution in [3.05, 3.63) is 65.2 Å². The van der Waals surface area contributed by atoms with E-state index >= 15 is 0 Å². The number of hydrogen-bond donors (Lipinski definition) is 0. The molecule has 0 saturated carbocycles. The summed E-state index contributed by atoms with van der Waals surface area (Å²) < 4.78 is 31.6. The number of imide groups is 1. The van der Waals surface area contributed by atoms with Crippen molar-refractivity contribution in [1.29, 1.82) is 0 Å². The summed E-state index contributed by atoms with van der Waals surface area (Å²) in [5.41, 5.74) is 0.930. The van der Waals surface area contributed by atoms with E-state index in [4.69, 9.17) is 4.74 Å². The number of carbonyl (C=O) groups excluding carboxylic acids is 4. The van der Waals surface area contributed by atoms with Crippen molar-refractivity contribution in [2.75, 3.05) is 26.2 Å². The molecule has 34 heavy (non-hydrogen) atoms. The highest BCUT2D eigenvalue weighted by Gasteiger charge is 2.34. The first kappa shape index (κ1) is 23.8. The zero-order valence-corrected chi connectivity index (χ0v) is 19.3. The van der Waals surface area contributed by atoms with Gasteiger partial charge in [0, 0.05) is 31.6 Å². The molecule has 0 bridgehead atoms. The fraction of sp³-hybridized carbons (Fsp3) is 0.333. The molecule has 0 aliphatic carbocycles. The van der Waals surface area contributed by atoms with Crippen LogP contribution in [0.5, 0.6) is 0 Å². The third-order valence-corrected chi connectivity index (χ3v) is 7.80. The summed E-state index contributed by atoms with van der Waals surface area (Å²) in [7, 11) is -3.56. The second-order valence-corrected chi connectivity index (χ2v) is 10.1. The second-order valence-electron chi connectivity index (χ2n) is 8.13. The summed E-state index contributed by atoms with van der Waals surface area (Å²) in [5, 5.41) is 0. The lowest BCUT2D eigenvalue weighted by atomic mass is 10.1. The highest BCUT2D eigenvalue weighted by atomic mass is 32.2. The number of benzene rings is 2. The van der Waals surface area contributed by atoms with Crippen LogP contribution in [0.1, 0.15) is 56.8 Å². The molecule has 0 N–H and O–H groups in total. The van der Waals surface area contributed by atoms with E-state index in [1.165, 1.54) is 28.6 Å². The van der Waals surface area contributed by atoms with Crippen LogP contribution in [0.4, 0.5) is 0 Å². The first-order valence-corrected chi connectivity index (χ1v) is 12.5. The molecule has 4 rings (SSSR count). The minimum Gasteiger partial charge on any atom is -0.457 e. The first-order chi connectivity index (χ1) is 16.3. The maximum absolute atomic E-state index is 12.6. The van der Waals surface area contributed by atoms with Crippen molar-refractivity contribution in [1.82, 2.24) is 9.21 Å². The molecule has 2 aromatic carbocycles. The van der Waals surface area contributed by atoms with Gasteiger partial charge < -0.3 is 4.74 Å². The molecule has 0 atom stereocenters. The van der Waals surface area contributed by atoms with Gasteiger partial charge in [-0.3, -0.25) is 24.1 Å². The molecule has 2 aromatic rings. The number of amides is 2. The third-order valence-electron chi connectivity index (χ3n) is 5.88. The van der Waals surface area contributed by atoms with E-state index in [2.05, 4.69) is 0 Å². The maximum atomic E-state index is 12.6. The lowest BCUT2D eigenvalue weighted by molar-refractivity contribution is -0.142. The molecule has 2 amide bonds. The summed E-state index contributed by atoms with van der Waals surface area (Å²) >= 11 is 0. The fourth-order valence-electron chi connectivity index (χ4n) is 4.02. The van der Waals surface area contributed by atoms with E-state index in [9.17, 15) is 27.6 Å². The Morgan fingerprint density at radius 2 is 1.47 bits per heavy atom. The monoisotopic (exact) mass is 484 g/mol. The maximum Gasteiger partial charge on any atom is 0.306 e. The summed E-state index contributed by atoms with van der Waals surface area (Å²) in [5.74, 6) is -1.87. The van der Waals surface area contributed by atoms with Gasteiger partial charge in [-0.2, -0.15) is 4.31 Å². The Hall–Kier alpha value is -3.37. The van der Waals surface area contributed by atoms with E-state index in [0.29, 0.717) is 24.2 Å². The number of esters is 1. The molecular weight excluding hydrogens is 460 g/mol. The smallest absolute Gasteiger partial charge is 0.306 e. The van der Waals surface area contributed by atoms with Crippen LogP contribution in [-0.4, -0.2) is 67.4 Å². The van der Waals surface area contributed by atoms with Gasteiger partial charge in [-0.15, -0.1) is 0 Å². The Kier molecular flexibility index (Phi) is 6.90. The fourth-order valence-corrected chi connectivity index (χ4v) is 5.53. The molecule has 0 aromatic heterocycles. The number of hydrogen-bond acceptors (Lipinski definition) is 7. The van der Waals surface area contributed by atoms with Gasteiger partial charge in [0.25, 0.3) is 11.8 Å². The molecule has 2 aliphatic heterocycles. The standard InChI is InChI=1S/C24H24N2O7S/c27-21(17-9-11-18(12-10-17)34(31,32)25-13-3-4-14-25)16-33-22(28)8-5-15-26-23(29)19-6-1-2-7-20(19)24(26)30/h1-2,6-7,9-12H,3-5,8,13-16H2. The zero-order chi connectivity index (χ0) is 24.3. The highest BCUT2D eigenvalue weighted by Crippen LogP contribution is 2.23. The molecule has 1 saturated heterocycles. The molecule has 2 heterocycles. The number of fused-ring (bicyclic) bond motifs is 1. The van der Waals surface area contributed by atoms with Gasteiger partial charge in [-0.25, -0.2) is 8.42 Å². The van der Waals surface area contributed by atoms with Crippen LogP contribution in [-0.2, 0) is 19.6 Å². The number of carbonyl (C=O) groups is 4. The van der Waals surface area contributed by atoms with Crippen molar-refractivity contribution in [3.8, 4) is 0 Å². The lowest BCUT2D eigenvalue weighted by Gasteiger charge is -2.15. The number of ketones is 1. The largest absolute Gasteiger partial charge is 0.457 e. The number of sulfonamides is 1. The van der Waals surface area contributed by atoms with Crippen molar-refractivity contribution in [3.63, 3.8) is 0 Å². The molecule has 1 fully saturated rings. The number of ether oxygens (including phenoxy) is 1. The van der Waals surface area contributed by atoms with E-state index in [0.717, 1.165) is 17.7 Å². The Bertz CT molecular complexity index is 1200. The van der Waals surface area contributed by atoms with Crippen LogP contribution < -0.4 is 0 Å². The van der Waals surface area contributed by atoms with Crippen molar-refractivity contribution < 1.29 is 32.3 Å². The summed E-state index contributed by atoms with van der Waals surface area (Å²) in [6, 6.07) is 12.1. The van der Waals surface area contributed by atoms with E-state index in [1.54, 1.807) is 24.3 Å². The van der Waals surface area contributed by atoms with Crippen LogP contribution in [0.15, 0.2) is 53.4 Å². The van der Waals surface area contributed by atoms with Crippen molar-refractivity contribution in [2.24, 2.45) is 0 Å². The Morgan fingerprint density at radius 1 is 0.882 bits per heavy atom. The topological polar surface area (TPSA) is 118 Å². The minimum atomic E-state index is -3.56. The van der Waals surface area contributed by atoms with E-state index in [-0.39, 0.29) is 41.7 Å². The summed E-state index contributed by atoms with van der Waals surface area (Å²) in [6.07, 6.45) is 1.81. The number of rotatable bonds is 9. The van der Waals surface area contributed by atoms with Gasteiger partial charge in [0.1, 0.15) is 0 Å². The van der Waals surface area contributed by atoms with Crippen molar-refractivity contribution >= 4 is 33.6 Å². The molecular formula is C24H24N2O7S. The van der Waals surface area contributed by atoms with E-state index in [1.807, 2.05) is 0 Å². The highest BCUT2D eigenvalue weighted by molar-refractivity contribution is 7.89. The minimum absolute atomic E-state index is 0.0618. The van der Waals surface area contributed by atoms with Gasteiger partial charge in [-0.1, -0.05) is 12.1 Å². The number of Topliss-reactive ketones (excluding diaryl/α,β-unsaturated/α-hetero) is 1. The quantitative estimate of drug-likeness (QED) is 0.304. The predicted molar refractivity (Wildman–Crippen MR) is 121 cm³/mol. The average molecular weight is 485 g/mol. The van der Waals surface area contributed by atoms with Crippen LogP contribution in [0, 0.1) is 0 Å². The predicted octanol–water partition coefficient (Wildman–Crippen LogP) is 2.27. The van der Waals surface area contributed by atoms with Crippen LogP contribution in [0.25, 0.3) is 0 Å². The number of nitrogens with zero attached hydrogens (tertiary/aromatic N) is 2. The zero-order valence-electron chi connectivity index (χ0n) is 18.4. The molecule has 9 nitrogen and oxygen atoms in total. The summed E-state index contributed by atoms with van der Waals surface area (Å²) in [6.45, 7) is 0.574. The Balaban J connectivity index is 1.23. The molecule has 0 spiro atoms. The Morgan fingerprint density at radius 3 is 2.06 bits per heavy atom. The molecule has 10 heteroatoms. The van der Waals surface area contributed by atoms with Crippen LogP contribution >= 0.6 is 0 Å². The van der Waals surface area contributed by atoms with Crippen LogP contribution in [0.3, 0.4) is 0 Å². The normalized spacial score (nSPS) is 16.1. The van der Waals surface area contributed by atoms with Gasteiger partial charge in [0.15, 0.2) is 12.4 Å². The molecule has 2 aliphatic rings. The van der Waals surface area contributed by atoms with Crippen molar-refractivity contribution in [2.45, 2.75) is 30.6 Å². The molecule has 0 radical (unpaired) electrons. The van der Waals surface area contributed by atoms with Gasteiger partial charge in [-0.05, 0) is 55.7 Å². The Labute approximate surface area is 197 Å². The lowest BCUT2D eigenvalue weighted by Crippen LogP contribution is -2.31.